The Morgan fingerprint density at radius 3 is 2.76 bits per heavy atom. The van der Waals surface area contributed by atoms with Crippen LogP contribution >= 0.6 is 11.8 Å². The molecule has 116 valence electrons. The summed E-state index contributed by atoms with van der Waals surface area (Å²) in [5.41, 5.74) is 1.20. The number of nitrogens with zero attached hydrogens (tertiary/aromatic N) is 1. The molecule has 4 nitrogen and oxygen atoms in total. The molecule has 1 aromatic carbocycles. The van der Waals surface area contributed by atoms with Gasteiger partial charge in [0.15, 0.2) is 0 Å². The first-order valence-corrected chi connectivity index (χ1v) is 8.49. The lowest BCUT2D eigenvalue weighted by atomic mass is 10.1. The lowest BCUT2D eigenvalue weighted by Crippen LogP contribution is -2.42. The highest BCUT2D eigenvalue weighted by molar-refractivity contribution is 7.99. The van der Waals surface area contributed by atoms with Gasteiger partial charge in [-0.25, -0.2) is 0 Å². The maximum absolute atomic E-state index is 11.0. The van der Waals surface area contributed by atoms with Crippen LogP contribution in [0, 0.1) is 0 Å². The highest BCUT2D eigenvalue weighted by atomic mass is 32.2. The molecule has 0 saturated carbocycles. The van der Waals surface area contributed by atoms with Crippen molar-refractivity contribution in [2.45, 2.75) is 39.0 Å². The third-order valence-electron chi connectivity index (χ3n) is 3.44. The molecule has 0 amide bonds. The average Bonchev–Trinajstić information content (AvgIpc) is 2.42. The summed E-state index contributed by atoms with van der Waals surface area (Å²) in [6.07, 6.45) is 0.400. The maximum atomic E-state index is 11.0. The number of aliphatic carboxylic acids is 1. The second-order valence-electron chi connectivity index (χ2n) is 5.61. The fraction of sp³-hybridized carbons (Fsp3) is 0.562. The normalized spacial score (nSPS) is 19.7. The van der Waals surface area contributed by atoms with Gasteiger partial charge in [0, 0.05) is 30.6 Å². The summed E-state index contributed by atoms with van der Waals surface area (Å²) in [5.74, 6) is 2.14. The number of ether oxygens (including phenoxy) is 1. The maximum Gasteiger partial charge on any atom is 0.304 e. The Balaban J connectivity index is 1.96. The molecule has 1 N–H and O–H groups in total. The molecule has 1 unspecified atom stereocenters. The third-order valence-corrected chi connectivity index (χ3v) is 4.53. The quantitative estimate of drug-likeness (QED) is 0.875. The van der Waals surface area contributed by atoms with Crippen molar-refractivity contribution < 1.29 is 14.6 Å². The first-order chi connectivity index (χ1) is 10.0. The Morgan fingerprint density at radius 2 is 2.14 bits per heavy atom. The number of thioether (sulfide) groups is 1. The number of benzene rings is 1. The number of carbonyl (C=O) groups is 1. The van der Waals surface area contributed by atoms with Crippen molar-refractivity contribution in [2.24, 2.45) is 0 Å². The van der Waals surface area contributed by atoms with E-state index in [0.717, 1.165) is 30.3 Å². The lowest BCUT2D eigenvalue weighted by molar-refractivity contribution is -0.138. The lowest BCUT2D eigenvalue weighted by Gasteiger charge is -2.34. The van der Waals surface area contributed by atoms with Gasteiger partial charge in [0.05, 0.1) is 12.5 Å². The Labute approximate surface area is 130 Å². The van der Waals surface area contributed by atoms with Crippen LogP contribution in [0.4, 0.5) is 0 Å². The Morgan fingerprint density at radius 1 is 1.43 bits per heavy atom. The van der Waals surface area contributed by atoms with Crippen molar-refractivity contribution in [2.75, 3.05) is 18.1 Å². The van der Waals surface area contributed by atoms with Gasteiger partial charge in [-0.1, -0.05) is 12.1 Å². The molecular formula is C16H23NO3S. The van der Waals surface area contributed by atoms with Gasteiger partial charge in [0.1, 0.15) is 5.75 Å². The first kappa shape index (κ1) is 16.2. The Bertz CT molecular complexity index is 461. The molecule has 0 spiro atoms. The third kappa shape index (κ3) is 5.25. The minimum absolute atomic E-state index is 0.132. The number of hydrogen-bond donors (Lipinski definition) is 1. The minimum atomic E-state index is -0.715. The summed E-state index contributed by atoms with van der Waals surface area (Å²) in [6.45, 7) is 5.78. The van der Waals surface area contributed by atoms with Crippen molar-refractivity contribution in [1.82, 2.24) is 4.90 Å². The summed E-state index contributed by atoms with van der Waals surface area (Å²) in [4.78, 5) is 13.2. The van der Waals surface area contributed by atoms with Gasteiger partial charge in [-0.3, -0.25) is 9.69 Å². The summed E-state index contributed by atoms with van der Waals surface area (Å²) in [5, 5.41) is 9.02. The Hall–Kier alpha value is -1.20. The molecule has 1 aliphatic rings. The van der Waals surface area contributed by atoms with Crippen LogP contribution in [0.15, 0.2) is 24.3 Å². The van der Waals surface area contributed by atoms with Crippen LogP contribution in [0.2, 0.25) is 0 Å². The molecule has 0 bridgehead atoms. The summed E-state index contributed by atoms with van der Waals surface area (Å²) >= 11 is 1.84. The van der Waals surface area contributed by atoms with Crippen molar-refractivity contribution in [3.05, 3.63) is 29.8 Å². The molecule has 2 rings (SSSR count). The van der Waals surface area contributed by atoms with Gasteiger partial charge < -0.3 is 9.84 Å². The highest BCUT2D eigenvalue weighted by Crippen LogP contribution is 2.22. The highest BCUT2D eigenvalue weighted by Gasteiger charge is 2.24. The molecule has 5 heteroatoms. The van der Waals surface area contributed by atoms with Gasteiger partial charge in [0.2, 0.25) is 0 Å². The van der Waals surface area contributed by atoms with E-state index in [9.17, 15) is 4.79 Å². The second-order valence-corrected chi connectivity index (χ2v) is 6.76. The number of carboxylic acid groups (broad SMARTS) is 1. The summed E-state index contributed by atoms with van der Waals surface area (Å²) < 4.78 is 5.64. The van der Waals surface area contributed by atoms with Crippen molar-refractivity contribution in [3.63, 3.8) is 0 Å². The van der Waals surface area contributed by atoms with Crippen molar-refractivity contribution >= 4 is 17.7 Å². The standard InChI is InChI=1S/C16H23NO3S/c1-12(2)20-15-5-3-13(4-6-15)10-17-7-8-21-11-14(17)9-16(18)19/h3-6,12,14H,7-11H2,1-2H3,(H,18,19). The van der Waals surface area contributed by atoms with E-state index in [1.54, 1.807) is 0 Å². The topological polar surface area (TPSA) is 49.8 Å². The minimum Gasteiger partial charge on any atom is -0.491 e. The molecule has 21 heavy (non-hydrogen) atoms. The summed E-state index contributed by atoms with van der Waals surface area (Å²) in [7, 11) is 0. The van der Waals surface area contributed by atoms with Crippen molar-refractivity contribution in [1.29, 1.82) is 0 Å². The number of hydrogen-bond acceptors (Lipinski definition) is 4. The number of rotatable bonds is 6. The molecule has 1 aliphatic heterocycles. The van der Waals surface area contributed by atoms with Gasteiger partial charge >= 0.3 is 5.97 Å². The zero-order valence-electron chi connectivity index (χ0n) is 12.6. The van der Waals surface area contributed by atoms with Crippen LogP contribution in [0.25, 0.3) is 0 Å². The van der Waals surface area contributed by atoms with E-state index in [4.69, 9.17) is 9.84 Å². The van der Waals surface area contributed by atoms with E-state index in [-0.39, 0.29) is 18.6 Å². The molecule has 1 atom stereocenters. The zero-order valence-corrected chi connectivity index (χ0v) is 13.4. The van der Waals surface area contributed by atoms with Crippen LogP contribution in [0.3, 0.4) is 0 Å². The van der Waals surface area contributed by atoms with Gasteiger partial charge in [0.25, 0.3) is 0 Å². The molecule has 1 heterocycles. The fourth-order valence-electron chi connectivity index (χ4n) is 2.47. The molecule has 1 saturated heterocycles. The molecular weight excluding hydrogens is 286 g/mol. The van der Waals surface area contributed by atoms with Crippen molar-refractivity contribution in [3.8, 4) is 5.75 Å². The Kier molecular flexibility index (Phi) is 5.94. The first-order valence-electron chi connectivity index (χ1n) is 7.34. The second kappa shape index (κ2) is 7.71. The smallest absolute Gasteiger partial charge is 0.304 e. The van der Waals surface area contributed by atoms with Crippen LogP contribution in [-0.4, -0.2) is 46.2 Å². The molecule has 0 aromatic heterocycles. The zero-order chi connectivity index (χ0) is 15.2. The summed E-state index contributed by atoms with van der Waals surface area (Å²) in [6, 6.07) is 8.24. The monoisotopic (exact) mass is 309 g/mol. The van der Waals surface area contributed by atoms with Gasteiger partial charge in [-0.15, -0.1) is 0 Å². The van der Waals surface area contributed by atoms with E-state index in [2.05, 4.69) is 17.0 Å². The number of carboxylic acids is 1. The average molecular weight is 309 g/mol. The van der Waals surface area contributed by atoms with Crippen LogP contribution < -0.4 is 4.74 Å². The SMILES string of the molecule is CC(C)Oc1ccc(CN2CCSCC2CC(=O)O)cc1. The molecule has 1 fully saturated rings. The predicted molar refractivity (Wildman–Crippen MR) is 86.0 cm³/mol. The molecule has 0 aliphatic carbocycles. The van der Waals surface area contributed by atoms with E-state index in [1.807, 2.05) is 37.7 Å². The van der Waals surface area contributed by atoms with Crippen LogP contribution in [0.5, 0.6) is 5.75 Å². The largest absolute Gasteiger partial charge is 0.491 e. The van der Waals surface area contributed by atoms with Crippen LogP contribution in [0.1, 0.15) is 25.8 Å². The molecule has 0 radical (unpaired) electrons. The van der Waals surface area contributed by atoms with E-state index in [1.165, 1.54) is 5.56 Å². The predicted octanol–water partition coefficient (Wildman–Crippen LogP) is 2.87. The van der Waals surface area contributed by atoms with Crippen LogP contribution in [-0.2, 0) is 11.3 Å². The van der Waals surface area contributed by atoms with E-state index < -0.39 is 5.97 Å². The van der Waals surface area contributed by atoms with Gasteiger partial charge in [-0.05, 0) is 31.5 Å². The van der Waals surface area contributed by atoms with E-state index >= 15 is 0 Å². The van der Waals surface area contributed by atoms with Gasteiger partial charge in [-0.2, -0.15) is 11.8 Å². The van der Waals surface area contributed by atoms with E-state index in [0.29, 0.717) is 0 Å². The molecule has 1 aromatic rings. The fourth-order valence-corrected chi connectivity index (χ4v) is 3.60.